The number of aromatic nitrogens is 2. The number of carbonyl (C=O) groups excluding carboxylic acids is 1. The third-order valence-corrected chi connectivity index (χ3v) is 4.08. The summed E-state index contributed by atoms with van der Waals surface area (Å²) in [5, 5.41) is 2.61. The van der Waals surface area contributed by atoms with E-state index in [1.54, 1.807) is 18.2 Å². The van der Waals surface area contributed by atoms with Gasteiger partial charge in [-0.15, -0.1) is 0 Å². The highest BCUT2D eigenvalue weighted by atomic mass is 19.4. The van der Waals surface area contributed by atoms with Crippen molar-refractivity contribution in [3.05, 3.63) is 76.4 Å². The summed E-state index contributed by atoms with van der Waals surface area (Å²) < 4.78 is 44.0. The highest BCUT2D eigenvalue weighted by molar-refractivity contribution is 6.03. The number of H-pyrrole nitrogens is 2. The molecule has 3 N–H and O–H groups in total. The number of halogens is 3. The number of hydrogen-bond acceptors (Lipinski definition) is 3. The van der Waals surface area contributed by atoms with Crippen LogP contribution in [0.3, 0.4) is 0 Å². The summed E-state index contributed by atoms with van der Waals surface area (Å²) in [4.78, 5) is 28.8. The van der Waals surface area contributed by atoms with Gasteiger partial charge in [0.15, 0.2) is 5.76 Å². The summed E-state index contributed by atoms with van der Waals surface area (Å²) in [6.07, 6.45) is -4.47. The molecule has 0 saturated heterocycles. The molecule has 0 fully saturated rings. The normalized spacial score (nSPS) is 11.7. The third kappa shape index (κ3) is 3.41. The predicted molar refractivity (Wildman–Crippen MR) is 96.0 cm³/mol. The molecule has 0 atom stereocenters. The SMILES string of the molecule is O=C(Nc1ccc2[nH]c(=O)[nH]c2c1)c1ccc(-c2cccc(C(F)(F)F)c2)o1. The van der Waals surface area contributed by atoms with Gasteiger partial charge >= 0.3 is 11.9 Å². The molecule has 4 aromatic rings. The van der Waals surface area contributed by atoms with Crippen LogP contribution >= 0.6 is 0 Å². The van der Waals surface area contributed by atoms with Gasteiger partial charge in [0, 0.05) is 11.3 Å². The number of amides is 1. The minimum Gasteiger partial charge on any atom is -0.451 e. The molecule has 0 spiro atoms. The maximum atomic E-state index is 12.9. The summed E-state index contributed by atoms with van der Waals surface area (Å²) in [6, 6.07) is 12.2. The average molecular weight is 387 g/mol. The fourth-order valence-electron chi connectivity index (χ4n) is 2.77. The van der Waals surface area contributed by atoms with E-state index in [1.807, 2.05) is 0 Å². The zero-order valence-corrected chi connectivity index (χ0v) is 14.1. The maximum Gasteiger partial charge on any atom is 0.416 e. The van der Waals surface area contributed by atoms with Crippen molar-refractivity contribution in [2.45, 2.75) is 6.18 Å². The van der Waals surface area contributed by atoms with Gasteiger partial charge in [0.25, 0.3) is 5.91 Å². The Kier molecular flexibility index (Phi) is 4.07. The lowest BCUT2D eigenvalue weighted by molar-refractivity contribution is -0.137. The first kappa shape index (κ1) is 17.7. The van der Waals surface area contributed by atoms with Crippen LogP contribution in [0.1, 0.15) is 16.1 Å². The van der Waals surface area contributed by atoms with Gasteiger partial charge in [0.1, 0.15) is 5.76 Å². The van der Waals surface area contributed by atoms with Crippen LogP contribution in [-0.2, 0) is 6.18 Å². The van der Waals surface area contributed by atoms with E-state index in [-0.39, 0.29) is 22.8 Å². The van der Waals surface area contributed by atoms with E-state index in [1.165, 1.54) is 24.3 Å². The summed E-state index contributed by atoms with van der Waals surface area (Å²) in [7, 11) is 0. The first-order valence-corrected chi connectivity index (χ1v) is 8.10. The Morgan fingerprint density at radius 1 is 0.964 bits per heavy atom. The van der Waals surface area contributed by atoms with Crippen LogP contribution in [0.5, 0.6) is 0 Å². The monoisotopic (exact) mass is 387 g/mol. The largest absolute Gasteiger partial charge is 0.451 e. The fraction of sp³-hybridized carbons (Fsp3) is 0.0526. The molecule has 28 heavy (non-hydrogen) atoms. The zero-order valence-electron chi connectivity index (χ0n) is 14.1. The van der Waals surface area contributed by atoms with Crippen LogP contribution < -0.4 is 11.0 Å². The van der Waals surface area contributed by atoms with Crippen LogP contribution in [0.4, 0.5) is 18.9 Å². The van der Waals surface area contributed by atoms with E-state index in [2.05, 4.69) is 15.3 Å². The second-order valence-electron chi connectivity index (χ2n) is 6.04. The van der Waals surface area contributed by atoms with E-state index in [0.717, 1.165) is 12.1 Å². The van der Waals surface area contributed by atoms with E-state index in [4.69, 9.17) is 4.42 Å². The Hall–Kier alpha value is -3.75. The molecule has 1 amide bonds. The minimum absolute atomic E-state index is 0.0601. The van der Waals surface area contributed by atoms with Crippen LogP contribution in [-0.4, -0.2) is 15.9 Å². The number of nitrogens with one attached hydrogen (secondary N) is 3. The molecular formula is C19H12F3N3O3. The molecule has 0 aliphatic rings. The second-order valence-corrected chi connectivity index (χ2v) is 6.04. The molecule has 142 valence electrons. The Morgan fingerprint density at radius 3 is 2.54 bits per heavy atom. The Balaban J connectivity index is 1.56. The lowest BCUT2D eigenvalue weighted by atomic mass is 10.1. The molecular weight excluding hydrogens is 375 g/mol. The van der Waals surface area contributed by atoms with Crippen molar-refractivity contribution >= 4 is 22.6 Å². The smallest absolute Gasteiger partial charge is 0.416 e. The molecule has 2 aromatic carbocycles. The number of imidazole rings is 1. The highest BCUT2D eigenvalue weighted by Crippen LogP contribution is 2.32. The number of hydrogen-bond donors (Lipinski definition) is 3. The number of alkyl halides is 3. The van der Waals surface area contributed by atoms with Crippen molar-refractivity contribution in [3.8, 4) is 11.3 Å². The predicted octanol–water partition coefficient (Wildman–Crippen LogP) is 4.39. The van der Waals surface area contributed by atoms with E-state index in [9.17, 15) is 22.8 Å². The topological polar surface area (TPSA) is 90.9 Å². The van der Waals surface area contributed by atoms with Crippen molar-refractivity contribution in [2.75, 3.05) is 5.32 Å². The molecule has 0 bridgehead atoms. The number of carbonyl (C=O) groups is 1. The van der Waals surface area contributed by atoms with Crippen LogP contribution in [0.15, 0.2) is 63.8 Å². The highest BCUT2D eigenvalue weighted by Gasteiger charge is 2.30. The van der Waals surface area contributed by atoms with Gasteiger partial charge in [0.2, 0.25) is 0 Å². The van der Waals surface area contributed by atoms with Crippen molar-refractivity contribution in [3.63, 3.8) is 0 Å². The standard InChI is InChI=1S/C19H12F3N3O3/c20-19(21,22)11-3-1-2-10(8-11)15-6-7-16(28-15)17(26)23-12-4-5-13-14(9-12)25-18(27)24-13/h1-9H,(H,23,26)(H2,24,25,27). The zero-order chi connectivity index (χ0) is 19.9. The molecule has 6 nitrogen and oxygen atoms in total. The molecule has 0 unspecified atom stereocenters. The van der Waals surface area contributed by atoms with Crippen LogP contribution in [0, 0.1) is 0 Å². The van der Waals surface area contributed by atoms with Crippen molar-refractivity contribution in [2.24, 2.45) is 0 Å². The van der Waals surface area contributed by atoms with Gasteiger partial charge in [-0.2, -0.15) is 13.2 Å². The maximum absolute atomic E-state index is 12.9. The molecule has 9 heteroatoms. The lowest BCUT2D eigenvalue weighted by Crippen LogP contribution is -2.10. The summed E-state index contributed by atoms with van der Waals surface area (Å²) in [5.41, 5.74) is 0.570. The van der Waals surface area contributed by atoms with Gasteiger partial charge in [-0.3, -0.25) is 4.79 Å². The number of anilines is 1. The Bertz CT molecular complexity index is 1230. The molecule has 2 heterocycles. The van der Waals surface area contributed by atoms with Crippen LogP contribution in [0.2, 0.25) is 0 Å². The summed E-state index contributed by atoms with van der Waals surface area (Å²) >= 11 is 0. The minimum atomic E-state index is -4.47. The number of fused-ring (bicyclic) bond motifs is 1. The molecule has 0 aliphatic heterocycles. The van der Waals surface area contributed by atoms with Gasteiger partial charge < -0.3 is 19.7 Å². The van der Waals surface area contributed by atoms with Gasteiger partial charge in [-0.05, 0) is 42.5 Å². The van der Waals surface area contributed by atoms with Crippen molar-refractivity contribution < 1.29 is 22.4 Å². The van der Waals surface area contributed by atoms with Gasteiger partial charge in [-0.25, -0.2) is 4.79 Å². The molecule has 0 aliphatic carbocycles. The van der Waals surface area contributed by atoms with Gasteiger partial charge in [-0.1, -0.05) is 12.1 Å². The van der Waals surface area contributed by atoms with Crippen molar-refractivity contribution in [1.82, 2.24) is 9.97 Å². The summed E-state index contributed by atoms with van der Waals surface area (Å²) in [6.45, 7) is 0. The Morgan fingerprint density at radius 2 is 1.75 bits per heavy atom. The third-order valence-electron chi connectivity index (χ3n) is 4.08. The molecule has 0 radical (unpaired) electrons. The van der Waals surface area contributed by atoms with E-state index < -0.39 is 17.6 Å². The van der Waals surface area contributed by atoms with Crippen molar-refractivity contribution in [1.29, 1.82) is 0 Å². The quantitative estimate of drug-likeness (QED) is 0.487. The fourth-order valence-corrected chi connectivity index (χ4v) is 2.77. The second kappa shape index (κ2) is 6.45. The van der Waals surface area contributed by atoms with Crippen LogP contribution in [0.25, 0.3) is 22.4 Å². The summed E-state index contributed by atoms with van der Waals surface area (Å²) in [5.74, 6) is -0.493. The Labute approximate surface area is 155 Å². The number of rotatable bonds is 3. The first-order chi connectivity index (χ1) is 13.3. The molecule has 4 rings (SSSR count). The molecule has 2 aromatic heterocycles. The van der Waals surface area contributed by atoms with E-state index >= 15 is 0 Å². The first-order valence-electron chi connectivity index (χ1n) is 8.10. The van der Waals surface area contributed by atoms with Gasteiger partial charge in [0.05, 0.1) is 16.6 Å². The lowest BCUT2D eigenvalue weighted by Gasteiger charge is -2.07. The number of benzene rings is 2. The number of aromatic amines is 2. The molecule has 0 saturated carbocycles. The average Bonchev–Trinajstić information content (AvgIpc) is 3.27. The van der Waals surface area contributed by atoms with E-state index in [0.29, 0.717) is 16.7 Å². The number of furan rings is 1.